The summed E-state index contributed by atoms with van der Waals surface area (Å²) in [6.45, 7) is 1.19. The summed E-state index contributed by atoms with van der Waals surface area (Å²) in [6.07, 6.45) is 1.02. The van der Waals surface area contributed by atoms with Gasteiger partial charge in [0, 0.05) is 38.2 Å². The first-order valence-electron chi connectivity index (χ1n) is 7.50. The van der Waals surface area contributed by atoms with E-state index in [2.05, 4.69) is 5.32 Å². The largest absolute Gasteiger partial charge is 0.451 e. The van der Waals surface area contributed by atoms with Gasteiger partial charge in [0.25, 0.3) is 5.91 Å². The third kappa shape index (κ3) is 3.75. The van der Waals surface area contributed by atoms with Gasteiger partial charge in [-0.2, -0.15) is 0 Å². The molecule has 6 heteroatoms. The Labute approximate surface area is 139 Å². The molecule has 2 N–H and O–H groups in total. The Morgan fingerprint density at radius 1 is 1.22 bits per heavy atom. The highest BCUT2D eigenvalue weighted by molar-refractivity contribution is 6.33. The maximum Gasteiger partial charge on any atom is 0.287 e. The first kappa shape index (κ1) is 16.1. The molecule has 1 amide bonds. The summed E-state index contributed by atoms with van der Waals surface area (Å²) in [5, 5.41) is 13.6. The van der Waals surface area contributed by atoms with Crippen LogP contribution in [0.4, 0.5) is 0 Å². The Bertz CT molecular complexity index is 691. The van der Waals surface area contributed by atoms with E-state index in [1.807, 2.05) is 18.2 Å². The highest BCUT2D eigenvalue weighted by atomic mass is 35.5. The van der Waals surface area contributed by atoms with E-state index in [-0.39, 0.29) is 18.2 Å². The lowest BCUT2D eigenvalue weighted by Crippen LogP contribution is -2.46. The van der Waals surface area contributed by atoms with E-state index < -0.39 is 5.60 Å². The third-order valence-corrected chi connectivity index (χ3v) is 4.30. The molecule has 0 unspecified atom stereocenters. The maximum absolute atomic E-state index is 12.2. The molecule has 3 rings (SSSR count). The molecular weight excluding hydrogens is 318 g/mol. The van der Waals surface area contributed by atoms with Crippen molar-refractivity contribution in [2.45, 2.75) is 18.4 Å². The number of aliphatic hydroxyl groups is 1. The van der Waals surface area contributed by atoms with Crippen molar-refractivity contribution in [2.75, 3.05) is 19.8 Å². The molecule has 0 saturated carbocycles. The fraction of sp³-hybridized carbons (Fsp3) is 0.353. The number of rotatable bonds is 4. The molecule has 1 aliphatic heterocycles. The van der Waals surface area contributed by atoms with Crippen molar-refractivity contribution in [3.05, 3.63) is 47.2 Å². The fourth-order valence-electron chi connectivity index (χ4n) is 2.53. The van der Waals surface area contributed by atoms with Crippen LogP contribution in [0.15, 0.2) is 40.8 Å². The van der Waals surface area contributed by atoms with E-state index in [4.69, 9.17) is 20.8 Å². The van der Waals surface area contributed by atoms with Crippen molar-refractivity contribution < 1.29 is 19.1 Å². The number of carbonyl (C=O) groups excluding carboxylic acids is 1. The van der Waals surface area contributed by atoms with Gasteiger partial charge >= 0.3 is 0 Å². The molecule has 1 aromatic heterocycles. The van der Waals surface area contributed by atoms with Crippen molar-refractivity contribution in [3.8, 4) is 11.3 Å². The predicted molar refractivity (Wildman–Crippen MR) is 86.5 cm³/mol. The molecule has 2 heterocycles. The number of benzene rings is 1. The Kier molecular flexibility index (Phi) is 4.71. The van der Waals surface area contributed by atoms with Crippen LogP contribution >= 0.6 is 11.6 Å². The third-order valence-electron chi connectivity index (χ3n) is 3.97. The Morgan fingerprint density at radius 3 is 2.70 bits per heavy atom. The van der Waals surface area contributed by atoms with Gasteiger partial charge in [0.15, 0.2) is 5.76 Å². The van der Waals surface area contributed by atoms with Crippen LogP contribution in [0.5, 0.6) is 0 Å². The fourth-order valence-corrected chi connectivity index (χ4v) is 2.75. The van der Waals surface area contributed by atoms with Gasteiger partial charge in [0.05, 0.1) is 10.6 Å². The number of ether oxygens (including phenoxy) is 1. The zero-order chi connectivity index (χ0) is 16.3. The van der Waals surface area contributed by atoms with Crippen molar-refractivity contribution in [3.63, 3.8) is 0 Å². The number of nitrogens with one attached hydrogen (secondary N) is 1. The highest BCUT2D eigenvalue weighted by Gasteiger charge is 2.30. The molecular formula is C17H18ClNO4. The summed E-state index contributed by atoms with van der Waals surface area (Å²) < 4.78 is 10.8. The van der Waals surface area contributed by atoms with Gasteiger partial charge in [-0.3, -0.25) is 4.79 Å². The molecule has 0 radical (unpaired) electrons. The van der Waals surface area contributed by atoms with Crippen LogP contribution in [0, 0.1) is 0 Å². The van der Waals surface area contributed by atoms with Crippen molar-refractivity contribution >= 4 is 17.5 Å². The average molecular weight is 336 g/mol. The summed E-state index contributed by atoms with van der Waals surface area (Å²) in [6, 6.07) is 10.6. The lowest BCUT2D eigenvalue weighted by molar-refractivity contribution is -0.0605. The molecule has 122 valence electrons. The molecule has 23 heavy (non-hydrogen) atoms. The summed E-state index contributed by atoms with van der Waals surface area (Å²) in [7, 11) is 0. The second-order valence-electron chi connectivity index (χ2n) is 5.66. The minimum absolute atomic E-state index is 0.178. The summed E-state index contributed by atoms with van der Waals surface area (Å²) in [5.74, 6) is 0.365. The normalized spacial score (nSPS) is 17.0. The highest BCUT2D eigenvalue weighted by Crippen LogP contribution is 2.29. The molecule has 5 nitrogen and oxygen atoms in total. The first-order chi connectivity index (χ1) is 11.1. The number of halogens is 1. The zero-order valence-electron chi connectivity index (χ0n) is 12.5. The minimum atomic E-state index is -0.911. The van der Waals surface area contributed by atoms with Crippen LogP contribution in [0.2, 0.25) is 5.02 Å². The number of carbonyl (C=O) groups is 1. The molecule has 0 atom stereocenters. The van der Waals surface area contributed by atoms with Gasteiger partial charge in [-0.05, 0) is 24.3 Å². The second kappa shape index (κ2) is 6.74. The number of hydrogen-bond donors (Lipinski definition) is 2. The SMILES string of the molecule is O=C(NCC1(O)CCOCC1)c1ccc(-c2ccccc2Cl)o1. The lowest BCUT2D eigenvalue weighted by atomic mass is 9.94. The van der Waals surface area contributed by atoms with E-state index in [1.54, 1.807) is 18.2 Å². The van der Waals surface area contributed by atoms with Gasteiger partial charge < -0.3 is 19.6 Å². The van der Waals surface area contributed by atoms with Crippen LogP contribution in [-0.2, 0) is 4.74 Å². The molecule has 0 bridgehead atoms. The Balaban J connectivity index is 1.66. The topological polar surface area (TPSA) is 71.7 Å². The summed E-state index contributed by atoms with van der Waals surface area (Å²) in [4.78, 5) is 12.2. The molecule has 2 aromatic rings. The van der Waals surface area contributed by atoms with Crippen molar-refractivity contribution in [2.24, 2.45) is 0 Å². The molecule has 1 fully saturated rings. The van der Waals surface area contributed by atoms with E-state index in [0.29, 0.717) is 36.8 Å². The molecule has 0 aliphatic carbocycles. The van der Waals surface area contributed by atoms with Crippen molar-refractivity contribution in [1.82, 2.24) is 5.32 Å². The standard InChI is InChI=1S/C17H18ClNO4/c18-13-4-2-1-3-12(13)14-5-6-15(23-14)16(20)19-11-17(21)7-9-22-10-8-17/h1-6,21H,7-11H2,(H,19,20). The molecule has 1 saturated heterocycles. The Morgan fingerprint density at radius 2 is 1.96 bits per heavy atom. The average Bonchev–Trinajstić information content (AvgIpc) is 3.04. The summed E-state index contributed by atoms with van der Waals surface area (Å²) in [5.41, 5.74) is -0.178. The maximum atomic E-state index is 12.2. The van der Waals surface area contributed by atoms with Crippen LogP contribution in [-0.4, -0.2) is 36.4 Å². The Hall–Kier alpha value is -1.82. The zero-order valence-corrected chi connectivity index (χ0v) is 13.3. The van der Waals surface area contributed by atoms with E-state index in [1.165, 1.54) is 0 Å². The van der Waals surface area contributed by atoms with E-state index >= 15 is 0 Å². The van der Waals surface area contributed by atoms with E-state index in [9.17, 15) is 9.90 Å². The van der Waals surface area contributed by atoms with Gasteiger partial charge in [-0.25, -0.2) is 0 Å². The van der Waals surface area contributed by atoms with Crippen molar-refractivity contribution in [1.29, 1.82) is 0 Å². The van der Waals surface area contributed by atoms with Gasteiger partial charge in [-0.1, -0.05) is 23.7 Å². The number of furan rings is 1. The van der Waals surface area contributed by atoms with E-state index in [0.717, 1.165) is 5.56 Å². The van der Waals surface area contributed by atoms with Crippen LogP contribution in [0.1, 0.15) is 23.4 Å². The molecule has 1 aromatic carbocycles. The monoisotopic (exact) mass is 335 g/mol. The first-order valence-corrected chi connectivity index (χ1v) is 7.88. The van der Waals surface area contributed by atoms with Gasteiger partial charge in [0.1, 0.15) is 5.76 Å². The number of hydrogen-bond acceptors (Lipinski definition) is 4. The second-order valence-corrected chi connectivity index (χ2v) is 6.07. The smallest absolute Gasteiger partial charge is 0.287 e. The molecule has 1 aliphatic rings. The predicted octanol–water partition coefficient (Wildman–Crippen LogP) is 2.87. The summed E-state index contributed by atoms with van der Waals surface area (Å²) >= 11 is 6.12. The molecule has 0 spiro atoms. The quantitative estimate of drug-likeness (QED) is 0.901. The number of amides is 1. The minimum Gasteiger partial charge on any atom is -0.451 e. The van der Waals surface area contributed by atoms with Crippen LogP contribution in [0.25, 0.3) is 11.3 Å². The van der Waals surface area contributed by atoms with Gasteiger partial charge in [0.2, 0.25) is 0 Å². The van der Waals surface area contributed by atoms with Crippen LogP contribution in [0.3, 0.4) is 0 Å². The van der Waals surface area contributed by atoms with Crippen LogP contribution < -0.4 is 5.32 Å². The van der Waals surface area contributed by atoms with Gasteiger partial charge in [-0.15, -0.1) is 0 Å². The lowest BCUT2D eigenvalue weighted by Gasteiger charge is -2.31.